The van der Waals surface area contributed by atoms with Gasteiger partial charge < -0.3 is 5.32 Å². The number of nitrogens with zero attached hydrogens (tertiary/aromatic N) is 2. The maximum Gasteiger partial charge on any atom is 0.242 e. The number of hydrogen-bond donors (Lipinski definition) is 1. The zero-order valence-corrected chi connectivity index (χ0v) is 14.1. The average Bonchev–Trinajstić information content (AvgIpc) is 2.45. The van der Waals surface area contributed by atoms with Crippen molar-refractivity contribution in [2.45, 2.75) is 11.4 Å². The fraction of sp³-hybridized carbons (Fsp3) is 0.214. The third-order valence-electron chi connectivity index (χ3n) is 2.88. The minimum absolute atomic E-state index is 0.277. The predicted molar refractivity (Wildman–Crippen MR) is 86.6 cm³/mol. The van der Waals surface area contributed by atoms with Gasteiger partial charge in [-0.05, 0) is 52.3 Å². The van der Waals surface area contributed by atoms with E-state index in [2.05, 4.69) is 26.2 Å². The Labute approximate surface area is 133 Å². The first-order valence-corrected chi connectivity index (χ1v) is 8.51. The summed E-state index contributed by atoms with van der Waals surface area (Å²) in [7, 11) is -0.351. The quantitative estimate of drug-likeness (QED) is 0.823. The standard InChI is InChI=1S/C14H16BrN3O2S/c1-18(2)21(19,20)13-8-6-11(7-9-13)16-10-12-4-3-5-14(15)17-12/h3-9,16H,10H2,1-2H3. The lowest BCUT2D eigenvalue weighted by molar-refractivity contribution is 0.521. The molecule has 5 nitrogen and oxygen atoms in total. The lowest BCUT2D eigenvalue weighted by Crippen LogP contribution is -2.22. The van der Waals surface area contributed by atoms with Gasteiger partial charge in [0.1, 0.15) is 4.60 Å². The summed E-state index contributed by atoms with van der Waals surface area (Å²) in [6.45, 7) is 0.569. The molecule has 112 valence electrons. The van der Waals surface area contributed by atoms with Crippen molar-refractivity contribution < 1.29 is 8.42 Å². The summed E-state index contributed by atoms with van der Waals surface area (Å²) in [4.78, 5) is 4.60. The molecule has 1 aromatic carbocycles. The largest absolute Gasteiger partial charge is 0.379 e. The van der Waals surface area contributed by atoms with Gasteiger partial charge >= 0.3 is 0 Å². The molecule has 0 aliphatic carbocycles. The molecule has 0 spiro atoms. The van der Waals surface area contributed by atoms with E-state index in [-0.39, 0.29) is 4.90 Å². The summed E-state index contributed by atoms with van der Waals surface area (Å²) in [5.41, 5.74) is 1.74. The van der Waals surface area contributed by atoms with Gasteiger partial charge in [-0.3, -0.25) is 0 Å². The Bertz CT molecular complexity index is 715. The molecule has 1 N–H and O–H groups in total. The van der Waals surface area contributed by atoms with E-state index in [0.717, 1.165) is 16.0 Å². The summed E-state index contributed by atoms with van der Waals surface area (Å²) in [5.74, 6) is 0. The molecule has 0 radical (unpaired) electrons. The summed E-state index contributed by atoms with van der Waals surface area (Å²) >= 11 is 3.32. The minimum Gasteiger partial charge on any atom is -0.379 e. The molecule has 0 bridgehead atoms. The van der Waals surface area contributed by atoms with Crippen LogP contribution in [0.1, 0.15) is 5.69 Å². The highest BCUT2D eigenvalue weighted by Gasteiger charge is 2.16. The molecular formula is C14H16BrN3O2S. The van der Waals surface area contributed by atoms with E-state index in [1.165, 1.54) is 18.4 Å². The summed E-state index contributed by atoms with van der Waals surface area (Å²) < 4.78 is 25.9. The molecule has 0 fully saturated rings. The van der Waals surface area contributed by atoms with E-state index in [1.54, 1.807) is 24.3 Å². The van der Waals surface area contributed by atoms with Crippen LogP contribution >= 0.6 is 15.9 Å². The van der Waals surface area contributed by atoms with Crippen LogP contribution in [0.25, 0.3) is 0 Å². The van der Waals surface area contributed by atoms with Gasteiger partial charge in [0.2, 0.25) is 10.0 Å². The third-order valence-corrected chi connectivity index (χ3v) is 5.15. The Kier molecular flexibility index (Phi) is 4.97. The van der Waals surface area contributed by atoms with Crippen LogP contribution in [-0.4, -0.2) is 31.8 Å². The van der Waals surface area contributed by atoms with Crippen LogP contribution in [0.5, 0.6) is 0 Å². The summed E-state index contributed by atoms with van der Waals surface area (Å²) in [6.07, 6.45) is 0. The van der Waals surface area contributed by atoms with E-state index in [1.807, 2.05) is 18.2 Å². The average molecular weight is 370 g/mol. The van der Waals surface area contributed by atoms with Crippen LogP contribution in [0.3, 0.4) is 0 Å². The van der Waals surface area contributed by atoms with Crippen molar-refractivity contribution in [3.05, 3.63) is 52.8 Å². The maximum absolute atomic E-state index is 12.0. The van der Waals surface area contributed by atoms with Crippen molar-refractivity contribution in [2.24, 2.45) is 0 Å². The second-order valence-electron chi connectivity index (χ2n) is 4.62. The van der Waals surface area contributed by atoms with E-state index in [4.69, 9.17) is 0 Å². The Morgan fingerprint density at radius 3 is 2.38 bits per heavy atom. The molecule has 21 heavy (non-hydrogen) atoms. The Hall–Kier alpha value is -1.44. The monoisotopic (exact) mass is 369 g/mol. The summed E-state index contributed by atoms with van der Waals surface area (Å²) in [6, 6.07) is 12.4. The lowest BCUT2D eigenvalue weighted by Gasteiger charge is -2.12. The van der Waals surface area contributed by atoms with E-state index < -0.39 is 10.0 Å². The molecule has 0 saturated carbocycles. The Morgan fingerprint density at radius 2 is 1.81 bits per heavy atom. The predicted octanol–water partition coefficient (Wildman–Crippen LogP) is 2.71. The minimum atomic E-state index is -3.38. The van der Waals surface area contributed by atoms with Gasteiger partial charge in [0.05, 0.1) is 17.1 Å². The molecule has 0 unspecified atom stereocenters. The van der Waals surface area contributed by atoms with Gasteiger partial charge in [-0.15, -0.1) is 0 Å². The molecule has 0 aliphatic heterocycles. The first kappa shape index (κ1) is 15.9. The van der Waals surface area contributed by atoms with Crippen LogP contribution in [0.2, 0.25) is 0 Å². The third kappa shape index (κ3) is 4.03. The van der Waals surface area contributed by atoms with Crippen molar-refractivity contribution in [3.8, 4) is 0 Å². The normalized spacial score (nSPS) is 11.6. The number of benzene rings is 1. The van der Waals surface area contributed by atoms with Gasteiger partial charge in [-0.2, -0.15) is 0 Å². The topological polar surface area (TPSA) is 62.3 Å². The fourth-order valence-electron chi connectivity index (χ4n) is 1.70. The van der Waals surface area contributed by atoms with Gasteiger partial charge in [-0.1, -0.05) is 6.07 Å². The van der Waals surface area contributed by atoms with Crippen LogP contribution in [0.4, 0.5) is 5.69 Å². The second-order valence-corrected chi connectivity index (χ2v) is 7.58. The van der Waals surface area contributed by atoms with Crippen LogP contribution in [-0.2, 0) is 16.6 Å². The van der Waals surface area contributed by atoms with E-state index in [9.17, 15) is 8.42 Å². The fourth-order valence-corrected chi connectivity index (χ4v) is 2.98. The molecule has 2 rings (SSSR count). The molecule has 0 amide bonds. The van der Waals surface area contributed by atoms with Crippen LogP contribution in [0, 0.1) is 0 Å². The maximum atomic E-state index is 12.0. The van der Waals surface area contributed by atoms with Gasteiger partial charge in [-0.25, -0.2) is 17.7 Å². The van der Waals surface area contributed by atoms with Gasteiger partial charge in [0.15, 0.2) is 0 Å². The Balaban J connectivity index is 2.07. The SMILES string of the molecule is CN(C)S(=O)(=O)c1ccc(NCc2cccc(Br)n2)cc1. The number of halogens is 1. The number of nitrogens with one attached hydrogen (secondary N) is 1. The molecule has 0 aliphatic rings. The van der Waals surface area contributed by atoms with E-state index >= 15 is 0 Å². The highest BCUT2D eigenvalue weighted by Crippen LogP contribution is 2.17. The zero-order valence-electron chi connectivity index (χ0n) is 11.7. The number of sulfonamides is 1. The molecular weight excluding hydrogens is 354 g/mol. The number of pyridine rings is 1. The molecule has 7 heteroatoms. The second kappa shape index (κ2) is 6.55. The smallest absolute Gasteiger partial charge is 0.242 e. The van der Waals surface area contributed by atoms with Crippen molar-refractivity contribution in [1.29, 1.82) is 0 Å². The van der Waals surface area contributed by atoms with E-state index in [0.29, 0.717) is 6.54 Å². The highest BCUT2D eigenvalue weighted by molar-refractivity contribution is 9.10. The highest BCUT2D eigenvalue weighted by atomic mass is 79.9. The first-order valence-electron chi connectivity index (χ1n) is 6.27. The molecule has 1 aromatic heterocycles. The summed E-state index contributed by atoms with van der Waals surface area (Å²) in [5, 5.41) is 3.20. The van der Waals surface area contributed by atoms with Crippen molar-refractivity contribution >= 4 is 31.6 Å². The van der Waals surface area contributed by atoms with Crippen LogP contribution in [0.15, 0.2) is 52.0 Å². The molecule has 0 saturated heterocycles. The molecule has 2 aromatic rings. The number of rotatable bonds is 5. The first-order chi connectivity index (χ1) is 9.89. The van der Waals surface area contributed by atoms with Gasteiger partial charge in [0.25, 0.3) is 0 Å². The number of anilines is 1. The zero-order chi connectivity index (χ0) is 15.5. The lowest BCUT2D eigenvalue weighted by atomic mass is 10.3. The Morgan fingerprint density at radius 1 is 1.14 bits per heavy atom. The van der Waals surface area contributed by atoms with Crippen molar-refractivity contribution in [1.82, 2.24) is 9.29 Å². The molecule has 1 heterocycles. The van der Waals surface area contributed by atoms with Crippen LogP contribution < -0.4 is 5.32 Å². The van der Waals surface area contributed by atoms with Crippen molar-refractivity contribution in [2.75, 3.05) is 19.4 Å². The van der Waals surface area contributed by atoms with Crippen molar-refractivity contribution in [3.63, 3.8) is 0 Å². The number of aromatic nitrogens is 1. The number of hydrogen-bond acceptors (Lipinski definition) is 4. The molecule has 0 atom stereocenters. The van der Waals surface area contributed by atoms with Gasteiger partial charge in [0, 0.05) is 19.8 Å².